The van der Waals surface area contributed by atoms with Crippen LogP contribution in [0.4, 0.5) is 18.3 Å². The van der Waals surface area contributed by atoms with Crippen molar-refractivity contribution >= 4 is 16.5 Å². The van der Waals surface area contributed by atoms with Crippen molar-refractivity contribution in [3.05, 3.63) is 11.1 Å². The molecule has 7 heteroatoms. The normalized spacial score (nSPS) is 21.6. The summed E-state index contributed by atoms with van der Waals surface area (Å²) in [6, 6.07) is 0.567. The molecule has 108 valence electrons. The summed E-state index contributed by atoms with van der Waals surface area (Å²) in [5, 5.41) is 3.32. The van der Waals surface area contributed by atoms with Crippen LogP contribution in [0.25, 0.3) is 0 Å². The summed E-state index contributed by atoms with van der Waals surface area (Å²) in [6.45, 7) is 4.76. The summed E-state index contributed by atoms with van der Waals surface area (Å²) in [7, 11) is 0. The molecule has 1 N–H and O–H groups in total. The van der Waals surface area contributed by atoms with Crippen molar-refractivity contribution in [2.45, 2.75) is 38.4 Å². The van der Waals surface area contributed by atoms with E-state index in [4.69, 9.17) is 0 Å². The van der Waals surface area contributed by atoms with E-state index < -0.39 is 11.1 Å². The highest BCUT2D eigenvalue weighted by atomic mass is 32.1. The number of likely N-dealkylation sites (tertiary alicyclic amines) is 1. The lowest BCUT2D eigenvalue weighted by molar-refractivity contribution is -0.134. The molecule has 1 aromatic rings. The van der Waals surface area contributed by atoms with Crippen LogP contribution < -0.4 is 5.32 Å². The van der Waals surface area contributed by atoms with Crippen molar-refractivity contribution in [3.63, 3.8) is 0 Å². The van der Waals surface area contributed by atoms with E-state index >= 15 is 0 Å². The molecule has 1 unspecified atom stereocenters. The van der Waals surface area contributed by atoms with E-state index in [1.54, 1.807) is 0 Å². The van der Waals surface area contributed by atoms with Crippen molar-refractivity contribution in [1.82, 2.24) is 9.88 Å². The van der Waals surface area contributed by atoms with Crippen LogP contribution in [0.3, 0.4) is 0 Å². The molecule has 0 aromatic carbocycles. The molecule has 0 spiro atoms. The Balaban J connectivity index is 1.78. The fraction of sp³-hybridized carbons (Fsp3) is 0.750. The van der Waals surface area contributed by atoms with E-state index in [2.05, 4.69) is 22.1 Å². The lowest BCUT2D eigenvalue weighted by atomic mass is 10.0. The first-order chi connectivity index (χ1) is 8.97. The van der Waals surface area contributed by atoms with Crippen molar-refractivity contribution in [2.75, 3.05) is 25.0 Å². The Labute approximate surface area is 114 Å². The smallest absolute Gasteiger partial charge is 0.360 e. The standard InChI is InChI=1S/C12H18F3N3S/c1-9-4-2-3-6-18(9)7-5-16-11-17-8-10(19-11)12(13,14)15/h8-9H,2-7H2,1H3,(H,16,17). The molecule has 1 atom stereocenters. The fourth-order valence-corrected chi connectivity index (χ4v) is 2.99. The Morgan fingerprint density at radius 1 is 1.47 bits per heavy atom. The second kappa shape index (κ2) is 6.09. The summed E-state index contributed by atoms with van der Waals surface area (Å²) < 4.78 is 37.2. The van der Waals surface area contributed by atoms with E-state index in [9.17, 15) is 13.2 Å². The first-order valence-electron chi connectivity index (χ1n) is 6.48. The number of piperidine rings is 1. The third kappa shape index (κ3) is 4.07. The van der Waals surface area contributed by atoms with Gasteiger partial charge in [-0.1, -0.05) is 17.8 Å². The number of thiazole rings is 1. The van der Waals surface area contributed by atoms with Gasteiger partial charge in [0.25, 0.3) is 0 Å². The Kier molecular flexibility index (Phi) is 4.67. The Morgan fingerprint density at radius 3 is 2.89 bits per heavy atom. The van der Waals surface area contributed by atoms with Crippen LogP contribution in [-0.4, -0.2) is 35.6 Å². The van der Waals surface area contributed by atoms with Gasteiger partial charge in [-0.25, -0.2) is 4.98 Å². The first-order valence-corrected chi connectivity index (χ1v) is 7.29. The van der Waals surface area contributed by atoms with E-state index in [1.807, 2.05) is 0 Å². The summed E-state index contributed by atoms with van der Waals surface area (Å²) in [4.78, 5) is 5.47. The molecule has 1 saturated heterocycles. The van der Waals surface area contributed by atoms with Crippen LogP contribution in [0.2, 0.25) is 0 Å². The van der Waals surface area contributed by atoms with Crippen molar-refractivity contribution in [3.8, 4) is 0 Å². The maximum absolute atomic E-state index is 12.4. The summed E-state index contributed by atoms with van der Waals surface area (Å²) in [5.41, 5.74) is 0. The number of nitrogens with one attached hydrogen (secondary N) is 1. The van der Waals surface area contributed by atoms with Gasteiger partial charge in [0.1, 0.15) is 4.88 Å². The Bertz CT molecular complexity index is 405. The molecule has 2 rings (SSSR count). The molecule has 1 aromatic heterocycles. The molecule has 0 saturated carbocycles. The summed E-state index contributed by atoms with van der Waals surface area (Å²) in [5.74, 6) is 0. The molecule has 0 radical (unpaired) electrons. The monoisotopic (exact) mass is 293 g/mol. The number of nitrogens with zero attached hydrogens (tertiary/aromatic N) is 2. The molecular formula is C12H18F3N3S. The number of aromatic nitrogens is 1. The number of hydrogen-bond acceptors (Lipinski definition) is 4. The van der Waals surface area contributed by atoms with Crippen LogP contribution >= 0.6 is 11.3 Å². The van der Waals surface area contributed by atoms with Crippen LogP contribution in [0.1, 0.15) is 31.1 Å². The predicted octanol–water partition coefficient (Wildman–Crippen LogP) is 3.45. The molecule has 0 bridgehead atoms. The lowest BCUT2D eigenvalue weighted by Crippen LogP contribution is -2.40. The number of anilines is 1. The van der Waals surface area contributed by atoms with Crippen molar-refractivity contribution < 1.29 is 13.2 Å². The van der Waals surface area contributed by atoms with E-state index in [1.165, 1.54) is 19.3 Å². The van der Waals surface area contributed by atoms with Crippen molar-refractivity contribution in [2.24, 2.45) is 0 Å². The van der Waals surface area contributed by atoms with Gasteiger partial charge in [-0.05, 0) is 26.3 Å². The highest BCUT2D eigenvalue weighted by Crippen LogP contribution is 2.34. The molecule has 2 heterocycles. The fourth-order valence-electron chi connectivity index (χ4n) is 2.28. The quantitative estimate of drug-likeness (QED) is 0.921. The van der Waals surface area contributed by atoms with E-state index in [0.717, 1.165) is 19.3 Å². The molecule has 1 aliphatic rings. The van der Waals surface area contributed by atoms with Gasteiger partial charge in [0.15, 0.2) is 5.13 Å². The van der Waals surface area contributed by atoms with Gasteiger partial charge < -0.3 is 5.32 Å². The molecular weight excluding hydrogens is 275 g/mol. The Morgan fingerprint density at radius 2 is 2.26 bits per heavy atom. The predicted molar refractivity (Wildman–Crippen MR) is 70.5 cm³/mol. The molecule has 1 aliphatic heterocycles. The number of halogens is 3. The zero-order chi connectivity index (χ0) is 13.9. The van der Waals surface area contributed by atoms with Gasteiger partial charge in [-0.2, -0.15) is 13.2 Å². The maximum Gasteiger partial charge on any atom is 0.427 e. The minimum atomic E-state index is -4.29. The molecule has 1 fully saturated rings. The molecule has 3 nitrogen and oxygen atoms in total. The average molecular weight is 293 g/mol. The van der Waals surface area contributed by atoms with Crippen LogP contribution in [0, 0.1) is 0 Å². The highest BCUT2D eigenvalue weighted by molar-refractivity contribution is 7.15. The topological polar surface area (TPSA) is 28.2 Å². The average Bonchev–Trinajstić information content (AvgIpc) is 2.80. The molecule has 0 amide bonds. The zero-order valence-electron chi connectivity index (χ0n) is 10.8. The van der Waals surface area contributed by atoms with Gasteiger partial charge in [-0.15, -0.1) is 0 Å². The first kappa shape index (κ1) is 14.6. The third-order valence-electron chi connectivity index (χ3n) is 3.40. The number of rotatable bonds is 4. The highest BCUT2D eigenvalue weighted by Gasteiger charge is 2.33. The van der Waals surface area contributed by atoms with Crippen molar-refractivity contribution in [1.29, 1.82) is 0 Å². The van der Waals surface area contributed by atoms with Gasteiger partial charge >= 0.3 is 6.18 Å². The second-order valence-electron chi connectivity index (χ2n) is 4.83. The van der Waals surface area contributed by atoms with Crippen LogP contribution in [0.5, 0.6) is 0 Å². The van der Waals surface area contributed by atoms with E-state index in [-0.39, 0.29) is 0 Å². The van der Waals surface area contributed by atoms with Gasteiger partial charge in [0, 0.05) is 19.1 Å². The second-order valence-corrected chi connectivity index (χ2v) is 5.87. The minimum Gasteiger partial charge on any atom is -0.360 e. The third-order valence-corrected chi connectivity index (χ3v) is 4.40. The van der Waals surface area contributed by atoms with Gasteiger partial charge in [0.2, 0.25) is 0 Å². The van der Waals surface area contributed by atoms with E-state index in [0.29, 0.717) is 29.1 Å². The minimum absolute atomic E-state index is 0.344. The molecule has 0 aliphatic carbocycles. The van der Waals surface area contributed by atoms with Gasteiger partial charge in [0.05, 0.1) is 6.20 Å². The van der Waals surface area contributed by atoms with Gasteiger partial charge in [-0.3, -0.25) is 4.90 Å². The zero-order valence-corrected chi connectivity index (χ0v) is 11.7. The summed E-state index contributed by atoms with van der Waals surface area (Å²) in [6.07, 6.45) is 0.275. The number of alkyl halides is 3. The molecule has 19 heavy (non-hydrogen) atoms. The largest absolute Gasteiger partial charge is 0.427 e. The summed E-state index contributed by atoms with van der Waals surface area (Å²) >= 11 is 0.661. The lowest BCUT2D eigenvalue weighted by Gasteiger charge is -2.33. The maximum atomic E-state index is 12.4. The number of hydrogen-bond donors (Lipinski definition) is 1. The van der Waals surface area contributed by atoms with Crippen LogP contribution in [0.15, 0.2) is 6.20 Å². The SMILES string of the molecule is CC1CCCCN1CCNc1ncc(C(F)(F)F)s1. The van der Waals surface area contributed by atoms with Crippen LogP contribution in [-0.2, 0) is 6.18 Å². The Hall–Kier alpha value is -0.820.